The van der Waals surface area contributed by atoms with E-state index in [-0.39, 0.29) is 18.1 Å². The van der Waals surface area contributed by atoms with E-state index in [1.807, 2.05) is 38.4 Å². The minimum Gasteiger partial charge on any atom is -0.492 e. The lowest BCUT2D eigenvalue weighted by Crippen LogP contribution is -2.35. The SMILES string of the molecule is CN(C)CCOc1ccc(CNC(=O)[C@@H]2CC[C@H](CN)O2)cc1. The van der Waals surface area contributed by atoms with Gasteiger partial charge < -0.3 is 25.4 Å². The number of hydrogen-bond acceptors (Lipinski definition) is 5. The summed E-state index contributed by atoms with van der Waals surface area (Å²) in [4.78, 5) is 14.1. The molecule has 2 atom stereocenters. The first-order valence-electron chi connectivity index (χ1n) is 8.08. The molecule has 0 radical (unpaired) electrons. The number of carbonyl (C=O) groups is 1. The van der Waals surface area contributed by atoms with Crippen molar-refractivity contribution in [2.45, 2.75) is 31.6 Å². The van der Waals surface area contributed by atoms with Gasteiger partial charge in [0.15, 0.2) is 0 Å². The molecular weight excluding hydrogens is 294 g/mol. The maximum atomic E-state index is 12.0. The number of benzene rings is 1. The lowest BCUT2D eigenvalue weighted by molar-refractivity contribution is -0.132. The number of likely N-dealkylation sites (N-methyl/N-ethyl adjacent to an activating group) is 1. The molecule has 0 aromatic heterocycles. The highest BCUT2D eigenvalue weighted by Crippen LogP contribution is 2.19. The molecule has 6 nitrogen and oxygen atoms in total. The molecule has 2 rings (SSSR count). The van der Waals surface area contributed by atoms with Gasteiger partial charge in [0.05, 0.1) is 6.10 Å². The molecule has 128 valence electrons. The van der Waals surface area contributed by atoms with Crippen LogP contribution in [0.5, 0.6) is 5.75 Å². The highest BCUT2D eigenvalue weighted by Gasteiger charge is 2.29. The second-order valence-corrected chi connectivity index (χ2v) is 6.07. The maximum absolute atomic E-state index is 12.0. The van der Waals surface area contributed by atoms with E-state index in [9.17, 15) is 4.79 Å². The minimum absolute atomic E-state index is 0.0179. The van der Waals surface area contributed by atoms with Gasteiger partial charge in [0.2, 0.25) is 5.91 Å². The fourth-order valence-electron chi connectivity index (χ4n) is 2.42. The molecule has 3 N–H and O–H groups in total. The number of ether oxygens (including phenoxy) is 2. The fraction of sp³-hybridized carbons (Fsp3) is 0.588. The standard InChI is InChI=1S/C17H27N3O3/c1-20(2)9-10-22-14-5-3-13(4-6-14)12-19-17(21)16-8-7-15(11-18)23-16/h3-6,15-16H,7-12,18H2,1-2H3,(H,19,21)/t15-,16+/m1/s1. The van der Waals surface area contributed by atoms with Crippen LogP contribution < -0.4 is 15.8 Å². The van der Waals surface area contributed by atoms with Crippen molar-refractivity contribution in [3.63, 3.8) is 0 Å². The Hall–Kier alpha value is -1.63. The van der Waals surface area contributed by atoms with E-state index in [4.69, 9.17) is 15.2 Å². The van der Waals surface area contributed by atoms with Gasteiger partial charge in [-0.2, -0.15) is 0 Å². The molecule has 0 spiro atoms. The molecule has 1 aromatic carbocycles. The first-order chi connectivity index (χ1) is 11.1. The number of nitrogens with one attached hydrogen (secondary N) is 1. The zero-order chi connectivity index (χ0) is 16.7. The Morgan fingerprint density at radius 1 is 1.35 bits per heavy atom. The van der Waals surface area contributed by atoms with Crippen molar-refractivity contribution in [2.24, 2.45) is 5.73 Å². The third-order valence-electron chi connectivity index (χ3n) is 3.86. The summed E-state index contributed by atoms with van der Waals surface area (Å²) in [7, 11) is 4.03. The summed E-state index contributed by atoms with van der Waals surface area (Å²) >= 11 is 0. The molecule has 1 amide bonds. The van der Waals surface area contributed by atoms with Gasteiger partial charge in [0.25, 0.3) is 0 Å². The predicted molar refractivity (Wildman–Crippen MR) is 89.3 cm³/mol. The van der Waals surface area contributed by atoms with Crippen LogP contribution in [0.15, 0.2) is 24.3 Å². The van der Waals surface area contributed by atoms with E-state index in [0.717, 1.165) is 30.7 Å². The van der Waals surface area contributed by atoms with E-state index in [1.165, 1.54) is 0 Å². The molecule has 1 aromatic rings. The van der Waals surface area contributed by atoms with Crippen LogP contribution in [-0.2, 0) is 16.1 Å². The van der Waals surface area contributed by atoms with Crippen LogP contribution >= 0.6 is 0 Å². The monoisotopic (exact) mass is 321 g/mol. The first-order valence-corrected chi connectivity index (χ1v) is 8.08. The number of carbonyl (C=O) groups excluding carboxylic acids is 1. The number of hydrogen-bond donors (Lipinski definition) is 2. The Labute approximate surface area is 137 Å². The molecule has 0 aliphatic carbocycles. The van der Waals surface area contributed by atoms with Gasteiger partial charge in [-0.15, -0.1) is 0 Å². The van der Waals surface area contributed by atoms with Gasteiger partial charge in [-0.1, -0.05) is 12.1 Å². The van der Waals surface area contributed by atoms with Crippen LogP contribution in [0, 0.1) is 0 Å². The lowest BCUT2D eigenvalue weighted by atomic mass is 10.1. The molecule has 1 aliphatic rings. The van der Waals surface area contributed by atoms with Crippen LogP contribution in [0.2, 0.25) is 0 Å². The number of nitrogens with two attached hydrogens (primary N) is 1. The Morgan fingerprint density at radius 3 is 2.70 bits per heavy atom. The summed E-state index contributed by atoms with van der Waals surface area (Å²) in [6, 6.07) is 7.77. The summed E-state index contributed by atoms with van der Waals surface area (Å²) in [6.45, 7) is 2.50. The van der Waals surface area contributed by atoms with Crippen molar-refractivity contribution in [1.82, 2.24) is 10.2 Å². The number of rotatable bonds is 8. The van der Waals surface area contributed by atoms with Gasteiger partial charge in [-0.05, 0) is 44.6 Å². The van der Waals surface area contributed by atoms with Crippen LogP contribution in [-0.4, -0.2) is 56.8 Å². The Bertz CT molecular complexity index is 490. The van der Waals surface area contributed by atoms with Crippen molar-refractivity contribution in [3.8, 4) is 5.75 Å². The summed E-state index contributed by atoms with van der Waals surface area (Å²) < 4.78 is 11.2. The normalized spacial score (nSPS) is 20.7. The van der Waals surface area contributed by atoms with Crippen LogP contribution in [0.3, 0.4) is 0 Å². The van der Waals surface area contributed by atoms with Crippen LogP contribution in [0.25, 0.3) is 0 Å². The molecule has 0 unspecified atom stereocenters. The topological polar surface area (TPSA) is 76.8 Å². The average molecular weight is 321 g/mol. The van der Waals surface area contributed by atoms with Crippen molar-refractivity contribution in [3.05, 3.63) is 29.8 Å². The minimum atomic E-state index is -0.364. The van der Waals surface area contributed by atoms with Gasteiger partial charge in [0, 0.05) is 19.6 Å². The largest absolute Gasteiger partial charge is 0.492 e. The van der Waals surface area contributed by atoms with Crippen LogP contribution in [0.4, 0.5) is 0 Å². The summed E-state index contributed by atoms with van der Waals surface area (Å²) in [5.74, 6) is 0.777. The number of amides is 1. The van der Waals surface area contributed by atoms with E-state index in [0.29, 0.717) is 19.7 Å². The highest BCUT2D eigenvalue weighted by molar-refractivity contribution is 5.81. The summed E-state index contributed by atoms with van der Waals surface area (Å²) in [6.07, 6.45) is 1.25. The fourth-order valence-corrected chi connectivity index (χ4v) is 2.42. The third-order valence-corrected chi connectivity index (χ3v) is 3.86. The van der Waals surface area contributed by atoms with Crippen molar-refractivity contribution >= 4 is 5.91 Å². The van der Waals surface area contributed by atoms with Crippen molar-refractivity contribution < 1.29 is 14.3 Å². The second kappa shape index (κ2) is 8.86. The lowest BCUT2D eigenvalue weighted by Gasteiger charge is -2.13. The summed E-state index contributed by atoms with van der Waals surface area (Å²) in [5.41, 5.74) is 6.59. The van der Waals surface area contributed by atoms with Gasteiger partial charge >= 0.3 is 0 Å². The molecule has 6 heteroatoms. The average Bonchev–Trinajstić information content (AvgIpc) is 3.02. The first kappa shape index (κ1) is 17.7. The summed E-state index contributed by atoms with van der Waals surface area (Å²) in [5, 5.41) is 2.91. The zero-order valence-corrected chi connectivity index (χ0v) is 14.0. The quantitative estimate of drug-likeness (QED) is 0.739. The molecule has 1 aliphatic heterocycles. The maximum Gasteiger partial charge on any atom is 0.249 e. The van der Waals surface area contributed by atoms with Gasteiger partial charge in [-0.3, -0.25) is 4.79 Å². The molecule has 0 saturated carbocycles. The molecular formula is C17H27N3O3. The van der Waals surface area contributed by atoms with Crippen molar-refractivity contribution in [1.29, 1.82) is 0 Å². The van der Waals surface area contributed by atoms with E-state index in [1.54, 1.807) is 0 Å². The zero-order valence-electron chi connectivity index (χ0n) is 14.0. The van der Waals surface area contributed by atoms with E-state index in [2.05, 4.69) is 10.2 Å². The van der Waals surface area contributed by atoms with Crippen LogP contribution in [0.1, 0.15) is 18.4 Å². The number of nitrogens with zero attached hydrogens (tertiary/aromatic N) is 1. The predicted octanol–water partition coefficient (Wildman–Crippen LogP) is 0.750. The smallest absolute Gasteiger partial charge is 0.249 e. The molecule has 23 heavy (non-hydrogen) atoms. The second-order valence-electron chi connectivity index (χ2n) is 6.07. The Morgan fingerprint density at radius 2 is 2.09 bits per heavy atom. The van der Waals surface area contributed by atoms with E-state index < -0.39 is 0 Å². The molecule has 0 bridgehead atoms. The molecule has 1 saturated heterocycles. The third kappa shape index (κ3) is 5.82. The Kier molecular flexibility index (Phi) is 6.83. The van der Waals surface area contributed by atoms with E-state index >= 15 is 0 Å². The molecule has 1 heterocycles. The Balaban J connectivity index is 1.72. The highest BCUT2D eigenvalue weighted by atomic mass is 16.5. The van der Waals surface area contributed by atoms with Gasteiger partial charge in [-0.25, -0.2) is 0 Å². The molecule has 1 fully saturated rings. The van der Waals surface area contributed by atoms with Gasteiger partial charge in [0.1, 0.15) is 18.5 Å². The van der Waals surface area contributed by atoms with Crippen molar-refractivity contribution in [2.75, 3.05) is 33.8 Å².